The Morgan fingerprint density at radius 1 is 1.60 bits per heavy atom. The van der Waals surface area contributed by atoms with Crippen molar-refractivity contribution in [3.8, 4) is 5.75 Å². The van der Waals surface area contributed by atoms with Gasteiger partial charge < -0.3 is 5.11 Å². The van der Waals surface area contributed by atoms with Crippen molar-refractivity contribution in [3.05, 3.63) is 34.6 Å². The lowest BCUT2D eigenvalue weighted by Crippen LogP contribution is -2.19. The molecule has 1 amide bonds. The van der Waals surface area contributed by atoms with Crippen molar-refractivity contribution in [2.24, 2.45) is 5.10 Å². The van der Waals surface area contributed by atoms with Gasteiger partial charge in [0.25, 0.3) is 5.91 Å². The molecule has 0 spiro atoms. The highest BCUT2D eigenvalue weighted by Crippen LogP contribution is 2.19. The molecule has 0 atom stereocenters. The number of H-pyrrole nitrogens is 1. The van der Waals surface area contributed by atoms with Gasteiger partial charge in [0.05, 0.1) is 12.0 Å². The zero-order valence-electron chi connectivity index (χ0n) is 10.1. The van der Waals surface area contributed by atoms with E-state index in [1.54, 1.807) is 12.1 Å². The monoisotopic (exact) mass is 355 g/mol. The lowest BCUT2D eigenvalue weighted by atomic mass is 10.2. The summed E-state index contributed by atoms with van der Waals surface area (Å²) < 4.78 is 0.809. The summed E-state index contributed by atoms with van der Waals surface area (Å²) in [6.07, 6.45) is 2.74. The molecule has 0 saturated heterocycles. The minimum Gasteiger partial charge on any atom is -0.507 e. The van der Waals surface area contributed by atoms with Crippen molar-refractivity contribution in [1.29, 1.82) is 0 Å². The molecule has 2 aromatic rings. The van der Waals surface area contributed by atoms with Gasteiger partial charge in [-0.2, -0.15) is 10.2 Å². The predicted octanol–water partition coefficient (Wildman–Crippen LogP) is 1.52. The zero-order chi connectivity index (χ0) is 14.4. The summed E-state index contributed by atoms with van der Waals surface area (Å²) in [6.45, 7) is 0. The van der Waals surface area contributed by atoms with Crippen molar-refractivity contribution < 1.29 is 9.90 Å². The highest BCUT2D eigenvalue weighted by Gasteiger charge is 2.03. The Hall–Kier alpha value is -1.87. The molecule has 0 aliphatic carbocycles. The molecule has 2 rings (SSSR count). The number of phenolic OH excluding ortho intramolecular Hbond substituents is 1. The first-order valence-corrected chi connectivity index (χ1v) is 7.21. The van der Waals surface area contributed by atoms with Crippen molar-refractivity contribution in [3.63, 3.8) is 0 Å². The van der Waals surface area contributed by atoms with Gasteiger partial charge in [-0.25, -0.2) is 10.4 Å². The molecule has 0 unspecified atom stereocenters. The maximum absolute atomic E-state index is 11.5. The van der Waals surface area contributed by atoms with Crippen molar-refractivity contribution in [2.45, 2.75) is 5.16 Å². The number of nitrogens with one attached hydrogen (secondary N) is 2. The Balaban J connectivity index is 1.83. The van der Waals surface area contributed by atoms with E-state index in [2.05, 4.69) is 41.6 Å². The van der Waals surface area contributed by atoms with E-state index in [-0.39, 0.29) is 17.4 Å². The highest BCUT2D eigenvalue weighted by molar-refractivity contribution is 9.10. The molecule has 3 N–H and O–H groups in total. The topological polar surface area (TPSA) is 103 Å². The third-order valence-electron chi connectivity index (χ3n) is 2.12. The lowest BCUT2D eigenvalue weighted by molar-refractivity contribution is -0.118. The second kappa shape index (κ2) is 7.06. The molecule has 9 heteroatoms. The molecule has 0 aliphatic rings. The summed E-state index contributed by atoms with van der Waals surface area (Å²) in [6, 6.07) is 4.93. The van der Waals surface area contributed by atoms with E-state index in [1.807, 2.05) is 0 Å². The van der Waals surface area contributed by atoms with Crippen LogP contribution in [0.5, 0.6) is 5.75 Å². The molecule has 104 valence electrons. The first kappa shape index (κ1) is 14.5. The SMILES string of the molecule is O=C(CSc1ncn[nH]1)N/N=C/c1cc(Br)ccc1O. The van der Waals surface area contributed by atoms with E-state index in [0.29, 0.717) is 10.7 Å². The number of hydrogen-bond donors (Lipinski definition) is 3. The van der Waals surface area contributed by atoms with Crippen LogP contribution in [0.25, 0.3) is 0 Å². The van der Waals surface area contributed by atoms with Crippen LogP contribution in [0.2, 0.25) is 0 Å². The number of hydrogen-bond acceptors (Lipinski definition) is 6. The quantitative estimate of drug-likeness (QED) is 0.428. The van der Waals surface area contributed by atoms with Crippen LogP contribution in [-0.2, 0) is 4.79 Å². The van der Waals surface area contributed by atoms with Crippen LogP contribution in [0.15, 0.2) is 39.3 Å². The minimum atomic E-state index is -0.280. The fraction of sp³-hybridized carbons (Fsp3) is 0.0909. The van der Waals surface area contributed by atoms with Crippen molar-refractivity contribution >= 4 is 39.8 Å². The molecule has 0 aliphatic heterocycles. The second-order valence-electron chi connectivity index (χ2n) is 3.58. The molecule has 0 fully saturated rings. The van der Waals surface area contributed by atoms with Crippen LogP contribution in [0.1, 0.15) is 5.56 Å². The number of phenols is 1. The number of carbonyl (C=O) groups is 1. The molecule has 0 radical (unpaired) electrons. The number of amides is 1. The number of carbonyl (C=O) groups excluding carboxylic acids is 1. The van der Waals surface area contributed by atoms with Crippen LogP contribution < -0.4 is 5.43 Å². The first-order valence-electron chi connectivity index (χ1n) is 5.44. The molecular formula is C11H10BrN5O2S. The number of nitrogens with zero attached hydrogens (tertiary/aromatic N) is 3. The second-order valence-corrected chi connectivity index (χ2v) is 5.46. The smallest absolute Gasteiger partial charge is 0.250 e. The van der Waals surface area contributed by atoms with Gasteiger partial charge in [-0.1, -0.05) is 27.7 Å². The van der Waals surface area contributed by atoms with Crippen LogP contribution >= 0.6 is 27.7 Å². The zero-order valence-corrected chi connectivity index (χ0v) is 12.5. The van der Waals surface area contributed by atoms with E-state index >= 15 is 0 Å². The average molecular weight is 356 g/mol. The molecular weight excluding hydrogens is 346 g/mol. The van der Waals surface area contributed by atoms with Crippen LogP contribution in [0.3, 0.4) is 0 Å². The summed E-state index contributed by atoms with van der Waals surface area (Å²) >= 11 is 4.50. The number of hydrazone groups is 1. The Labute approximate surface area is 127 Å². The maximum Gasteiger partial charge on any atom is 0.250 e. The number of aromatic amines is 1. The maximum atomic E-state index is 11.5. The number of thioether (sulfide) groups is 1. The van der Waals surface area contributed by atoms with Gasteiger partial charge >= 0.3 is 0 Å². The van der Waals surface area contributed by atoms with E-state index < -0.39 is 0 Å². The van der Waals surface area contributed by atoms with Gasteiger partial charge in [0.2, 0.25) is 0 Å². The first-order chi connectivity index (χ1) is 9.65. The van der Waals surface area contributed by atoms with E-state index in [0.717, 1.165) is 4.47 Å². The van der Waals surface area contributed by atoms with Crippen LogP contribution in [0.4, 0.5) is 0 Å². The summed E-state index contributed by atoms with van der Waals surface area (Å²) in [5.41, 5.74) is 2.86. The minimum absolute atomic E-state index is 0.0854. The highest BCUT2D eigenvalue weighted by atomic mass is 79.9. The molecule has 7 nitrogen and oxygen atoms in total. The summed E-state index contributed by atoms with van der Waals surface area (Å²) in [5, 5.41) is 20.2. The largest absolute Gasteiger partial charge is 0.507 e. The standard InChI is InChI=1S/C11H10BrN5O2S/c12-8-1-2-9(18)7(3-8)4-14-16-10(19)5-20-11-13-6-15-17-11/h1-4,6,18H,5H2,(H,16,19)(H,13,15,17)/b14-4+. The number of aromatic hydroxyl groups is 1. The number of benzene rings is 1. The summed E-state index contributed by atoms with van der Waals surface area (Å²) in [5.74, 6) is -0.0313. The van der Waals surface area contributed by atoms with Crippen molar-refractivity contribution in [1.82, 2.24) is 20.6 Å². The third kappa shape index (κ3) is 4.35. The van der Waals surface area contributed by atoms with E-state index in [1.165, 1.54) is 30.4 Å². The van der Waals surface area contributed by atoms with Crippen LogP contribution in [0, 0.1) is 0 Å². The van der Waals surface area contributed by atoms with Crippen LogP contribution in [-0.4, -0.2) is 38.2 Å². The molecule has 1 heterocycles. The third-order valence-corrected chi connectivity index (χ3v) is 3.49. The van der Waals surface area contributed by atoms with Crippen molar-refractivity contribution in [2.75, 3.05) is 5.75 Å². The predicted molar refractivity (Wildman–Crippen MR) is 78.7 cm³/mol. The lowest BCUT2D eigenvalue weighted by Gasteiger charge is -2.00. The number of halogens is 1. The van der Waals surface area contributed by atoms with Gasteiger partial charge in [-0.3, -0.25) is 9.89 Å². The Morgan fingerprint density at radius 3 is 3.20 bits per heavy atom. The molecule has 20 heavy (non-hydrogen) atoms. The number of aromatic nitrogens is 3. The van der Waals surface area contributed by atoms with Gasteiger partial charge in [-0.15, -0.1) is 0 Å². The molecule has 0 bridgehead atoms. The van der Waals surface area contributed by atoms with Gasteiger partial charge in [0.1, 0.15) is 12.1 Å². The Kier molecular flexibility index (Phi) is 5.13. The summed E-state index contributed by atoms with van der Waals surface area (Å²) in [7, 11) is 0. The normalized spacial score (nSPS) is 10.8. The Bertz CT molecular complexity index is 617. The van der Waals surface area contributed by atoms with Gasteiger partial charge in [0, 0.05) is 10.0 Å². The fourth-order valence-electron chi connectivity index (χ4n) is 1.23. The average Bonchev–Trinajstić information content (AvgIpc) is 2.93. The van der Waals surface area contributed by atoms with E-state index in [4.69, 9.17) is 0 Å². The fourth-order valence-corrected chi connectivity index (χ4v) is 2.18. The van der Waals surface area contributed by atoms with Gasteiger partial charge in [0.15, 0.2) is 5.16 Å². The molecule has 1 aromatic carbocycles. The van der Waals surface area contributed by atoms with E-state index in [9.17, 15) is 9.90 Å². The molecule has 0 saturated carbocycles. The molecule has 1 aromatic heterocycles. The Morgan fingerprint density at radius 2 is 2.45 bits per heavy atom. The number of rotatable bonds is 5. The van der Waals surface area contributed by atoms with Gasteiger partial charge in [-0.05, 0) is 18.2 Å². The summed E-state index contributed by atoms with van der Waals surface area (Å²) in [4.78, 5) is 15.4.